The van der Waals surface area contributed by atoms with E-state index in [1.54, 1.807) is 24.3 Å². The second kappa shape index (κ2) is 8.18. The second-order valence-corrected chi connectivity index (χ2v) is 6.77. The normalized spacial score (nSPS) is 13.4. The molecule has 27 heavy (non-hydrogen) atoms. The highest BCUT2D eigenvalue weighted by Crippen LogP contribution is 2.24. The van der Waals surface area contributed by atoms with Crippen molar-refractivity contribution in [2.45, 2.75) is 19.3 Å². The number of nitrogens with one attached hydrogen (secondary N) is 1. The number of carbonyl (C=O) groups excluding carboxylic acids is 2. The number of likely N-dealkylation sites (tertiary alicyclic amines) is 1. The predicted octanol–water partition coefficient (Wildman–Crippen LogP) is 3.67. The Morgan fingerprint density at radius 3 is 2.41 bits per heavy atom. The third-order valence-electron chi connectivity index (χ3n) is 4.43. The minimum Gasteiger partial charge on any atom is -0.342 e. The molecule has 1 N–H and O–H groups in total. The van der Waals surface area contributed by atoms with Gasteiger partial charge in [0.1, 0.15) is 5.56 Å². The molecule has 0 aromatic heterocycles. The number of hydrogen-bond acceptors (Lipinski definition) is 4. The van der Waals surface area contributed by atoms with Crippen molar-refractivity contribution >= 4 is 34.8 Å². The molecular formula is C19H18ClN3O4. The maximum absolute atomic E-state index is 12.4. The van der Waals surface area contributed by atoms with E-state index in [9.17, 15) is 19.7 Å². The van der Waals surface area contributed by atoms with Crippen molar-refractivity contribution in [1.29, 1.82) is 0 Å². The molecule has 0 bridgehead atoms. The van der Waals surface area contributed by atoms with Crippen LogP contribution < -0.4 is 5.32 Å². The number of nitro groups is 1. The maximum atomic E-state index is 12.4. The van der Waals surface area contributed by atoms with E-state index in [-0.39, 0.29) is 22.2 Å². The Morgan fingerprint density at radius 2 is 1.78 bits per heavy atom. The fourth-order valence-corrected chi connectivity index (χ4v) is 3.18. The van der Waals surface area contributed by atoms with E-state index in [0.717, 1.165) is 31.5 Å². The van der Waals surface area contributed by atoms with Gasteiger partial charge in [-0.1, -0.05) is 23.7 Å². The highest BCUT2D eigenvalue weighted by Gasteiger charge is 2.21. The molecule has 0 aliphatic carbocycles. The first kappa shape index (κ1) is 18.8. The second-order valence-electron chi connectivity index (χ2n) is 6.33. The average Bonchev–Trinajstić information content (AvgIpc) is 3.18. The number of nitro benzene ring substituents is 1. The molecule has 8 heteroatoms. The summed E-state index contributed by atoms with van der Waals surface area (Å²) in [6.07, 6.45) is 2.41. The van der Waals surface area contributed by atoms with Crippen LogP contribution in [0.2, 0.25) is 5.02 Å². The molecule has 1 aliphatic heterocycles. The summed E-state index contributed by atoms with van der Waals surface area (Å²) < 4.78 is 0. The number of carbonyl (C=O) groups is 2. The Morgan fingerprint density at radius 1 is 1.11 bits per heavy atom. The molecule has 1 saturated heterocycles. The molecule has 7 nitrogen and oxygen atoms in total. The van der Waals surface area contributed by atoms with E-state index in [2.05, 4.69) is 5.32 Å². The molecule has 140 valence electrons. The zero-order valence-corrected chi connectivity index (χ0v) is 15.2. The Balaban J connectivity index is 1.68. The smallest absolute Gasteiger partial charge is 0.282 e. The summed E-state index contributed by atoms with van der Waals surface area (Å²) in [5, 5.41) is 13.9. The minimum atomic E-state index is -0.627. The molecule has 1 heterocycles. The summed E-state index contributed by atoms with van der Waals surface area (Å²) in [5.41, 5.74) is 0.899. The summed E-state index contributed by atoms with van der Waals surface area (Å²) in [4.78, 5) is 36.9. The number of rotatable bonds is 5. The zero-order valence-electron chi connectivity index (χ0n) is 14.5. The SMILES string of the molecule is O=C(Nc1ccc(CC(=O)N2CCCC2)cc1)c1cc(Cl)ccc1[N+](=O)[O-]. The van der Waals surface area contributed by atoms with Crippen LogP contribution in [0, 0.1) is 10.1 Å². The number of halogens is 1. The Labute approximate surface area is 161 Å². The molecule has 0 atom stereocenters. The maximum Gasteiger partial charge on any atom is 0.282 e. The van der Waals surface area contributed by atoms with E-state index in [4.69, 9.17) is 11.6 Å². The number of amides is 2. The van der Waals surface area contributed by atoms with Gasteiger partial charge in [-0.2, -0.15) is 0 Å². The van der Waals surface area contributed by atoms with Gasteiger partial charge in [-0.25, -0.2) is 0 Å². The molecule has 1 fully saturated rings. The van der Waals surface area contributed by atoms with Gasteiger partial charge in [0, 0.05) is 29.9 Å². The van der Waals surface area contributed by atoms with Gasteiger partial charge >= 0.3 is 0 Å². The molecule has 0 radical (unpaired) electrons. The van der Waals surface area contributed by atoms with E-state index in [0.29, 0.717) is 12.1 Å². The third kappa shape index (κ3) is 4.62. The Hall–Kier alpha value is -2.93. The van der Waals surface area contributed by atoms with Gasteiger partial charge in [-0.3, -0.25) is 19.7 Å². The van der Waals surface area contributed by atoms with Gasteiger partial charge < -0.3 is 10.2 Å². The molecular weight excluding hydrogens is 370 g/mol. The van der Waals surface area contributed by atoms with Crippen molar-refractivity contribution in [3.05, 3.63) is 68.7 Å². The summed E-state index contributed by atoms with van der Waals surface area (Å²) in [5.74, 6) is -0.524. The molecule has 3 rings (SSSR count). The van der Waals surface area contributed by atoms with E-state index in [1.807, 2.05) is 4.90 Å². The van der Waals surface area contributed by atoms with Crippen molar-refractivity contribution in [3.63, 3.8) is 0 Å². The quantitative estimate of drug-likeness (QED) is 0.625. The lowest BCUT2D eigenvalue weighted by Gasteiger charge is -2.15. The van der Waals surface area contributed by atoms with Gasteiger partial charge in [0.25, 0.3) is 11.6 Å². The van der Waals surface area contributed by atoms with Gasteiger partial charge in [0.15, 0.2) is 0 Å². The highest BCUT2D eigenvalue weighted by atomic mass is 35.5. The standard InChI is InChI=1S/C19H18ClN3O4/c20-14-5-8-17(23(26)27)16(12-14)19(25)21-15-6-3-13(4-7-15)11-18(24)22-9-1-2-10-22/h3-8,12H,1-2,9-11H2,(H,21,25). The number of anilines is 1. The van der Waals surface area contributed by atoms with Crippen LogP contribution in [0.25, 0.3) is 0 Å². The molecule has 2 aromatic rings. The summed E-state index contributed by atoms with van der Waals surface area (Å²) in [7, 11) is 0. The van der Waals surface area contributed by atoms with Gasteiger partial charge in [-0.05, 0) is 42.7 Å². The molecule has 2 aromatic carbocycles. The van der Waals surface area contributed by atoms with E-state index < -0.39 is 10.8 Å². The Bertz CT molecular complexity index is 877. The zero-order chi connectivity index (χ0) is 19.4. The lowest BCUT2D eigenvalue weighted by atomic mass is 10.1. The minimum absolute atomic E-state index is 0.0961. The molecule has 1 aliphatic rings. The Kier molecular flexibility index (Phi) is 5.71. The molecule has 0 saturated carbocycles. The van der Waals surface area contributed by atoms with Crippen LogP contribution >= 0.6 is 11.6 Å². The fraction of sp³-hybridized carbons (Fsp3) is 0.263. The summed E-state index contributed by atoms with van der Waals surface area (Å²) in [6.45, 7) is 1.62. The molecule has 0 unspecified atom stereocenters. The first-order chi connectivity index (χ1) is 12.9. The first-order valence-electron chi connectivity index (χ1n) is 8.56. The van der Waals surface area contributed by atoms with Crippen LogP contribution in [0.3, 0.4) is 0 Å². The monoisotopic (exact) mass is 387 g/mol. The molecule has 2 amide bonds. The highest BCUT2D eigenvalue weighted by molar-refractivity contribution is 6.31. The fourth-order valence-electron chi connectivity index (χ4n) is 3.01. The lowest BCUT2D eigenvalue weighted by molar-refractivity contribution is -0.385. The average molecular weight is 388 g/mol. The van der Waals surface area contributed by atoms with Crippen molar-refractivity contribution in [1.82, 2.24) is 4.90 Å². The van der Waals surface area contributed by atoms with Crippen LogP contribution in [-0.4, -0.2) is 34.7 Å². The van der Waals surface area contributed by atoms with Gasteiger partial charge in [-0.15, -0.1) is 0 Å². The van der Waals surface area contributed by atoms with Crippen LogP contribution in [-0.2, 0) is 11.2 Å². The van der Waals surface area contributed by atoms with Gasteiger partial charge in [0.2, 0.25) is 5.91 Å². The number of benzene rings is 2. The third-order valence-corrected chi connectivity index (χ3v) is 4.66. The van der Waals surface area contributed by atoms with E-state index >= 15 is 0 Å². The van der Waals surface area contributed by atoms with Crippen LogP contribution in [0.15, 0.2) is 42.5 Å². The van der Waals surface area contributed by atoms with Crippen molar-refractivity contribution in [2.75, 3.05) is 18.4 Å². The summed E-state index contributed by atoms with van der Waals surface area (Å²) in [6, 6.07) is 10.7. The van der Waals surface area contributed by atoms with Crippen LogP contribution in [0.4, 0.5) is 11.4 Å². The first-order valence-corrected chi connectivity index (χ1v) is 8.94. The largest absolute Gasteiger partial charge is 0.342 e. The van der Waals surface area contributed by atoms with Crippen molar-refractivity contribution in [2.24, 2.45) is 0 Å². The van der Waals surface area contributed by atoms with Crippen LogP contribution in [0.1, 0.15) is 28.8 Å². The summed E-state index contributed by atoms with van der Waals surface area (Å²) >= 11 is 5.85. The topological polar surface area (TPSA) is 92.6 Å². The van der Waals surface area contributed by atoms with Crippen molar-refractivity contribution < 1.29 is 14.5 Å². The van der Waals surface area contributed by atoms with E-state index in [1.165, 1.54) is 18.2 Å². The van der Waals surface area contributed by atoms with Crippen molar-refractivity contribution in [3.8, 4) is 0 Å². The molecule has 0 spiro atoms. The van der Waals surface area contributed by atoms with Gasteiger partial charge in [0.05, 0.1) is 11.3 Å². The number of hydrogen-bond donors (Lipinski definition) is 1. The predicted molar refractivity (Wildman–Crippen MR) is 102 cm³/mol. The number of nitrogens with zero attached hydrogens (tertiary/aromatic N) is 2. The lowest BCUT2D eigenvalue weighted by Crippen LogP contribution is -2.29. The van der Waals surface area contributed by atoms with Crippen LogP contribution in [0.5, 0.6) is 0 Å².